The normalized spacial score (nSPS) is 15.6. The predicted molar refractivity (Wildman–Crippen MR) is 119 cm³/mol. The summed E-state index contributed by atoms with van der Waals surface area (Å²) in [5.74, 6) is 0. The van der Waals surface area contributed by atoms with Crippen molar-refractivity contribution in [2.45, 2.75) is 18.4 Å². The zero-order valence-electron chi connectivity index (χ0n) is 17.2. The molecule has 1 amide bonds. The summed E-state index contributed by atoms with van der Waals surface area (Å²) in [6.45, 7) is 3.63. The van der Waals surface area contributed by atoms with Gasteiger partial charge in [-0.05, 0) is 29.7 Å². The molecule has 1 aliphatic heterocycles. The van der Waals surface area contributed by atoms with Crippen LogP contribution in [0, 0.1) is 0 Å². The maximum absolute atomic E-state index is 12.0. The Hall–Kier alpha value is -3.11. The van der Waals surface area contributed by atoms with Crippen LogP contribution in [0.25, 0.3) is 0 Å². The molecule has 0 aromatic heterocycles. The SMILES string of the molecule is O=C(NCCN1CCC(c2ccccc2)(c2ccccc2)C1)OCc1ccccc1. The van der Waals surface area contributed by atoms with E-state index in [2.05, 4.69) is 70.9 Å². The van der Waals surface area contributed by atoms with E-state index in [0.29, 0.717) is 13.2 Å². The number of hydrogen-bond donors (Lipinski definition) is 1. The van der Waals surface area contributed by atoms with Crippen LogP contribution in [0.1, 0.15) is 23.1 Å². The molecular weight excluding hydrogens is 372 g/mol. The van der Waals surface area contributed by atoms with E-state index in [1.54, 1.807) is 0 Å². The summed E-state index contributed by atoms with van der Waals surface area (Å²) in [7, 11) is 0. The third-order valence-corrected chi connectivity index (χ3v) is 5.91. The minimum absolute atomic E-state index is 0.00363. The Kier molecular flexibility index (Phi) is 6.45. The van der Waals surface area contributed by atoms with Crippen LogP contribution in [-0.2, 0) is 16.8 Å². The summed E-state index contributed by atoms with van der Waals surface area (Å²) in [5.41, 5.74) is 3.70. The van der Waals surface area contributed by atoms with Crippen molar-refractivity contribution in [2.24, 2.45) is 0 Å². The molecule has 154 valence electrons. The van der Waals surface area contributed by atoms with Gasteiger partial charge in [0.2, 0.25) is 0 Å². The molecule has 4 nitrogen and oxygen atoms in total. The molecule has 4 heteroatoms. The highest BCUT2D eigenvalue weighted by Crippen LogP contribution is 2.40. The highest BCUT2D eigenvalue weighted by molar-refractivity contribution is 5.67. The van der Waals surface area contributed by atoms with Crippen molar-refractivity contribution in [2.75, 3.05) is 26.2 Å². The maximum Gasteiger partial charge on any atom is 0.407 e. The zero-order chi connectivity index (χ0) is 20.7. The number of hydrogen-bond acceptors (Lipinski definition) is 3. The van der Waals surface area contributed by atoms with Gasteiger partial charge in [-0.1, -0.05) is 91.0 Å². The summed E-state index contributed by atoms with van der Waals surface area (Å²) >= 11 is 0. The molecule has 4 rings (SSSR count). The Bertz CT molecular complexity index is 890. The number of likely N-dealkylation sites (tertiary alicyclic amines) is 1. The van der Waals surface area contributed by atoms with Crippen LogP contribution >= 0.6 is 0 Å². The molecule has 3 aromatic rings. The van der Waals surface area contributed by atoms with Gasteiger partial charge in [-0.2, -0.15) is 0 Å². The second-order valence-electron chi connectivity index (χ2n) is 7.83. The van der Waals surface area contributed by atoms with E-state index in [-0.39, 0.29) is 11.5 Å². The van der Waals surface area contributed by atoms with Crippen LogP contribution in [0.2, 0.25) is 0 Å². The third kappa shape index (κ3) is 4.71. The molecule has 0 aliphatic carbocycles. The van der Waals surface area contributed by atoms with Gasteiger partial charge in [-0.25, -0.2) is 4.79 Å². The van der Waals surface area contributed by atoms with Gasteiger partial charge in [0.05, 0.1) is 0 Å². The second kappa shape index (κ2) is 9.59. The van der Waals surface area contributed by atoms with E-state index in [9.17, 15) is 4.79 Å². The number of nitrogens with one attached hydrogen (secondary N) is 1. The molecule has 0 unspecified atom stereocenters. The van der Waals surface area contributed by atoms with Gasteiger partial charge in [0.1, 0.15) is 6.61 Å². The third-order valence-electron chi connectivity index (χ3n) is 5.91. The fraction of sp³-hybridized carbons (Fsp3) is 0.269. The Balaban J connectivity index is 1.33. The Morgan fingerprint density at radius 1 is 0.867 bits per heavy atom. The number of ether oxygens (including phenoxy) is 1. The van der Waals surface area contributed by atoms with E-state index < -0.39 is 0 Å². The van der Waals surface area contributed by atoms with Crippen molar-refractivity contribution in [1.29, 1.82) is 0 Å². The molecule has 1 aliphatic rings. The fourth-order valence-corrected chi connectivity index (χ4v) is 4.32. The molecule has 0 bridgehead atoms. The van der Waals surface area contributed by atoms with E-state index in [1.165, 1.54) is 11.1 Å². The minimum atomic E-state index is -0.365. The molecule has 1 fully saturated rings. The molecule has 30 heavy (non-hydrogen) atoms. The van der Waals surface area contributed by atoms with Gasteiger partial charge in [0.25, 0.3) is 0 Å². The summed E-state index contributed by atoms with van der Waals surface area (Å²) < 4.78 is 5.30. The molecule has 1 heterocycles. The lowest BCUT2D eigenvalue weighted by atomic mass is 9.74. The van der Waals surface area contributed by atoms with Crippen LogP contribution < -0.4 is 5.32 Å². The van der Waals surface area contributed by atoms with Crippen molar-refractivity contribution in [3.05, 3.63) is 108 Å². The summed E-state index contributed by atoms with van der Waals surface area (Å²) in [6, 6.07) is 31.3. The Labute approximate surface area is 178 Å². The van der Waals surface area contributed by atoms with Crippen molar-refractivity contribution < 1.29 is 9.53 Å². The molecule has 0 spiro atoms. The fourth-order valence-electron chi connectivity index (χ4n) is 4.32. The number of alkyl carbamates (subject to hydrolysis) is 1. The smallest absolute Gasteiger partial charge is 0.407 e. The quantitative estimate of drug-likeness (QED) is 0.630. The number of benzene rings is 3. The summed E-state index contributed by atoms with van der Waals surface area (Å²) in [5, 5.41) is 2.88. The first kappa shape index (κ1) is 20.2. The average molecular weight is 401 g/mol. The first-order valence-corrected chi connectivity index (χ1v) is 10.5. The van der Waals surface area contributed by atoms with Crippen LogP contribution in [0.15, 0.2) is 91.0 Å². The second-order valence-corrected chi connectivity index (χ2v) is 7.83. The standard InChI is InChI=1S/C26H28N2O2/c29-25(30-20-22-10-4-1-5-11-22)27-17-19-28-18-16-26(21-28,23-12-6-2-7-13-23)24-14-8-3-9-15-24/h1-15H,16-21H2,(H,27,29). The highest BCUT2D eigenvalue weighted by atomic mass is 16.5. The predicted octanol–water partition coefficient (Wildman–Crippen LogP) is 4.60. The van der Waals surface area contributed by atoms with Crippen molar-refractivity contribution in [3.8, 4) is 0 Å². The van der Waals surface area contributed by atoms with Crippen LogP contribution in [0.4, 0.5) is 4.79 Å². The van der Waals surface area contributed by atoms with E-state index in [0.717, 1.165) is 31.6 Å². The number of nitrogens with zero attached hydrogens (tertiary/aromatic N) is 1. The van der Waals surface area contributed by atoms with Gasteiger partial charge < -0.3 is 15.0 Å². The average Bonchev–Trinajstić information content (AvgIpc) is 3.25. The molecule has 1 N–H and O–H groups in total. The summed E-state index contributed by atoms with van der Waals surface area (Å²) in [4.78, 5) is 14.4. The Morgan fingerprint density at radius 2 is 1.43 bits per heavy atom. The number of carbonyl (C=O) groups is 1. The van der Waals surface area contributed by atoms with Crippen LogP contribution in [-0.4, -0.2) is 37.2 Å². The van der Waals surface area contributed by atoms with Gasteiger partial charge in [0.15, 0.2) is 0 Å². The van der Waals surface area contributed by atoms with Crippen LogP contribution in [0.3, 0.4) is 0 Å². The zero-order valence-corrected chi connectivity index (χ0v) is 17.2. The first-order valence-electron chi connectivity index (χ1n) is 10.5. The molecule has 0 saturated carbocycles. The maximum atomic E-state index is 12.0. The van der Waals surface area contributed by atoms with Gasteiger partial charge in [-0.15, -0.1) is 0 Å². The number of amides is 1. The molecular formula is C26H28N2O2. The largest absolute Gasteiger partial charge is 0.445 e. The van der Waals surface area contributed by atoms with Gasteiger partial charge in [0, 0.05) is 25.0 Å². The van der Waals surface area contributed by atoms with Gasteiger partial charge >= 0.3 is 6.09 Å². The van der Waals surface area contributed by atoms with E-state index in [1.807, 2.05) is 30.3 Å². The van der Waals surface area contributed by atoms with E-state index >= 15 is 0 Å². The summed E-state index contributed by atoms with van der Waals surface area (Å²) in [6.07, 6.45) is 0.704. The lowest BCUT2D eigenvalue weighted by Gasteiger charge is -2.31. The van der Waals surface area contributed by atoms with Gasteiger partial charge in [-0.3, -0.25) is 0 Å². The highest BCUT2D eigenvalue weighted by Gasteiger charge is 2.40. The minimum Gasteiger partial charge on any atom is -0.445 e. The lowest BCUT2D eigenvalue weighted by molar-refractivity contribution is 0.138. The molecule has 1 saturated heterocycles. The van der Waals surface area contributed by atoms with E-state index in [4.69, 9.17) is 4.74 Å². The van der Waals surface area contributed by atoms with Crippen molar-refractivity contribution in [3.63, 3.8) is 0 Å². The lowest BCUT2D eigenvalue weighted by Crippen LogP contribution is -2.37. The number of rotatable bonds is 7. The topological polar surface area (TPSA) is 41.6 Å². The Morgan fingerprint density at radius 3 is 2.03 bits per heavy atom. The monoisotopic (exact) mass is 400 g/mol. The van der Waals surface area contributed by atoms with Crippen LogP contribution in [0.5, 0.6) is 0 Å². The van der Waals surface area contributed by atoms with Crippen molar-refractivity contribution in [1.82, 2.24) is 10.2 Å². The molecule has 0 atom stereocenters. The molecule has 3 aromatic carbocycles. The molecule has 0 radical (unpaired) electrons. The number of carbonyl (C=O) groups excluding carboxylic acids is 1. The first-order chi connectivity index (χ1) is 14.8. The van der Waals surface area contributed by atoms with Crippen molar-refractivity contribution >= 4 is 6.09 Å².